The van der Waals surface area contributed by atoms with Gasteiger partial charge in [0.25, 0.3) is 0 Å². The van der Waals surface area contributed by atoms with Crippen LogP contribution in [0.1, 0.15) is 18.9 Å². The number of esters is 1. The maximum Gasteiger partial charge on any atom is 0.408 e. The minimum Gasteiger partial charge on any atom is -0.467 e. The highest BCUT2D eigenvalue weighted by atomic mass is 32.2. The highest BCUT2D eigenvalue weighted by Gasteiger charge is 2.31. The van der Waals surface area contributed by atoms with Gasteiger partial charge in [0.05, 0.1) is 23.9 Å². The smallest absolute Gasteiger partial charge is 0.408 e. The molecule has 0 unspecified atom stereocenters. The van der Waals surface area contributed by atoms with Crippen LogP contribution < -0.4 is 10.6 Å². The first kappa shape index (κ1) is 26.8. The van der Waals surface area contributed by atoms with Crippen molar-refractivity contribution in [3.05, 3.63) is 66.2 Å². The summed E-state index contributed by atoms with van der Waals surface area (Å²) in [6.07, 6.45) is -2.57. The second-order valence-electron chi connectivity index (χ2n) is 7.43. The highest BCUT2D eigenvalue weighted by Crippen LogP contribution is 2.13. The number of alkyl carbamates (subject to hydrolysis) is 1. The zero-order valence-electron chi connectivity index (χ0n) is 18.8. The van der Waals surface area contributed by atoms with E-state index in [0.29, 0.717) is 0 Å². The molecule has 10 nitrogen and oxygen atoms in total. The Morgan fingerprint density at radius 1 is 0.971 bits per heavy atom. The molecule has 0 aliphatic heterocycles. The van der Waals surface area contributed by atoms with Crippen LogP contribution in [0.4, 0.5) is 4.79 Å². The molecule has 2 aromatic carbocycles. The molecule has 2 aromatic rings. The number of carbonyl (C=O) groups is 3. The maximum absolute atomic E-state index is 12.7. The fourth-order valence-electron chi connectivity index (χ4n) is 2.97. The monoisotopic (exact) mass is 492 g/mol. The number of aliphatic hydroxyl groups excluding tert-OH is 1. The molecule has 2 amide bonds. The van der Waals surface area contributed by atoms with E-state index in [2.05, 4.69) is 15.4 Å². The Kier molecular flexibility index (Phi) is 10.0. The molecule has 0 bridgehead atoms. The maximum atomic E-state index is 12.7. The lowest BCUT2D eigenvalue weighted by atomic mass is 10.1. The predicted molar refractivity (Wildman–Crippen MR) is 122 cm³/mol. The molecule has 0 spiro atoms. The SMILES string of the molecule is COC(=O)[C@H](CCS(=O)(=O)c1ccccc1)NC(=O)[C@@H](NC(=O)OCc1ccccc1)[C@@H](C)O. The lowest BCUT2D eigenvalue weighted by Gasteiger charge is -2.23. The van der Waals surface area contributed by atoms with Gasteiger partial charge in [-0.15, -0.1) is 0 Å². The van der Waals surface area contributed by atoms with E-state index in [-0.39, 0.29) is 17.9 Å². The number of amides is 2. The molecule has 0 fully saturated rings. The molecule has 34 heavy (non-hydrogen) atoms. The molecule has 2 rings (SSSR count). The van der Waals surface area contributed by atoms with Crippen molar-refractivity contribution in [3.63, 3.8) is 0 Å². The summed E-state index contributed by atoms with van der Waals surface area (Å²) < 4.78 is 34.8. The average molecular weight is 493 g/mol. The van der Waals surface area contributed by atoms with Crippen molar-refractivity contribution >= 4 is 27.8 Å². The third-order valence-electron chi connectivity index (χ3n) is 4.83. The number of hydrogen-bond donors (Lipinski definition) is 3. The Morgan fingerprint density at radius 2 is 1.56 bits per heavy atom. The van der Waals surface area contributed by atoms with Crippen molar-refractivity contribution in [2.45, 2.75) is 43.0 Å². The van der Waals surface area contributed by atoms with Gasteiger partial charge in [-0.2, -0.15) is 0 Å². The molecule has 0 aliphatic rings. The first-order chi connectivity index (χ1) is 16.1. The van der Waals surface area contributed by atoms with Crippen LogP contribution in [0.15, 0.2) is 65.6 Å². The summed E-state index contributed by atoms with van der Waals surface area (Å²) in [5.41, 5.74) is 0.723. The number of sulfone groups is 1. The van der Waals surface area contributed by atoms with Gasteiger partial charge in [-0.25, -0.2) is 18.0 Å². The fourth-order valence-corrected chi connectivity index (χ4v) is 4.32. The quantitative estimate of drug-likeness (QED) is 0.396. The first-order valence-corrected chi connectivity index (χ1v) is 12.1. The number of rotatable bonds is 11. The molecule has 0 aromatic heterocycles. The van der Waals surface area contributed by atoms with E-state index in [0.717, 1.165) is 12.7 Å². The molecule has 0 saturated heterocycles. The normalized spacial score (nSPS) is 13.7. The fraction of sp³-hybridized carbons (Fsp3) is 0.348. The third-order valence-corrected chi connectivity index (χ3v) is 6.59. The van der Waals surface area contributed by atoms with E-state index in [1.54, 1.807) is 48.5 Å². The van der Waals surface area contributed by atoms with E-state index in [1.807, 2.05) is 0 Å². The molecular weight excluding hydrogens is 464 g/mol. The van der Waals surface area contributed by atoms with Crippen LogP contribution in [0, 0.1) is 0 Å². The molecule has 11 heteroatoms. The molecule has 3 N–H and O–H groups in total. The van der Waals surface area contributed by atoms with Crippen molar-refractivity contribution in [2.75, 3.05) is 12.9 Å². The molecule has 0 heterocycles. The van der Waals surface area contributed by atoms with Gasteiger partial charge in [0.1, 0.15) is 18.7 Å². The largest absolute Gasteiger partial charge is 0.467 e. The van der Waals surface area contributed by atoms with Gasteiger partial charge in [-0.1, -0.05) is 48.5 Å². The van der Waals surface area contributed by atoms with Gasteiger partial charge >= 0.3 is 12.1 Å². The molecule has 0 saturated carbocycles. The minimum atomic E-state index is -3.72. The van der Waals surface area contributed by atoms with Crippen LogP contribution in [0.3, 0.4) is 0 Å². The summed E-state index contributed by atoms with van der Waals surface area (Å²) in [5, 5.41) is 14.6. The zero-order valence-corrected chi connectivity index (χ0v) is 19.7. The number of carbonyl (C=O) groups excluding carboxylic acids is 3. The number of benzene rings is 2. The average Bonchev–Trinajstić information content (AvgIpc) is 2.84. The lowest BCUT2D eigenvalue weighted by molar-refractivity contribution is -0.145. The summed E-state index contributed by atoms with van der Waals surface area (Å²) >= 11 is 0. The predicted octanol–water partition coefficient (Wildman–Crippen LogP) is 1.18. The number of nitrogens with one attached hydrogen (secondary N) is 2. The summed E-state index contributed by atoms with van der Waals surface area (Å²) in [4.78, 5) is 37.1. The van der Waals surface area contributed by atoms with Crippen LogP contribution in [-0.2, 0) is 35.5 Å². The summed E-state index contributed by atoms with van der Waals surface area (Å²) in [6.45, 7) is 1.22. The van der Waals surface area contributed by atoms with Crippen LogP contribution in [-0.4, -0.2) is 62.5 Å². The number of ether oxygens (including phenoxy) is 2. The number of methoxy groups -OCH3 is 1. The van der Waals surface area contributed by atoms with Gasteiger partial charge in [-0.05, 0) is 31.0 Å². The third kappa shape index (κ3) is 8.16. The topological polar surface area (TPSA) is 148 Å². The molecule has 3 atom stereocenters. The second-order valence-corrected chi connectivity index (χ2v) is 9.54. The Labute approximate surface area is 198 Å². The van der Waals surface area contributed by atoms with E-state index in [9.17, 15) is 27.9 Å². The summed E-state index contributed by atoms with van der Waals surface area (Å²) in [7, 11) is -2.62. The van der Waals surface area contributed by atoms with Crippen LogP contribution in [0.2, 0.25) is 0 Å². The Balaban J connectivity index is 2.01. The molecule has 0 radical (unpaired) electrons. The van der Waals surface area contributed by atoms with Crippen molar-refractivity contribution in [2.24, 2.45) is 0 Å². The van der Waals surface area contributed by atoms with Gasteiger partial charge in [0, 0.05) is 0 Å². The molecular formula is C23H28N2O8S. The first-order valence-electron chi connectivity index (χ1n) is 10.5. The van der Waals surface area contributed by atoms with Crippen molar-refractivity contribution in [3.8, 4) is 0 Å². The minimum absolute atomic E-state index is 0.0526. The number of aliphatic hydroxyl groups is 1. The Bertz CT molecular complexity index is 1060. The van der Waals surface area contributed by atoms with Crippen molar-refractivity contribution in [1.29, 1.82) is 0 Å². The van der Waals surface area contributed by atoms with Crippen LogP contribution >= 0.6 is 0 Å². The van der Waals surface area contributed by atoms with Gasteiger partial charge < -0.3 is 25.2 Å². The molecule has 0 aliphatic carbocycles. The van der Waals surface area contributed by atoms with Crippen LogP contribution in [0.25, 0.3) is 0 Å². The highest BCUT2D eigenvalue weighted by molar-refractivity contribution is 7.91. The van der Waals surface area contributed by atoms with Crippen molar-refractivity contribution in [1.82, 2.24) is 10.6 Å². The van der Waals surface area contributed by atoms with Crippen LogP contribution in [0.5, 0.6) is 0 Å². The number of hydrogen-bond acceptors (Lipinski definition) is 8. The standard InChI is InChI=1S/C23H28N2O8S/c1-16(26)20(25-23(29)33-15-17-9-5-3-6-10-17)21(27)24-19(22(28)32-2)13-14-34(30,31)18-11-7-4-8-12-18/h3-12,16,19-20,26H,13-15H2,1-2H3,(H,24,27)(H,25,29)/t16-,19+,20+/m1/s1. The summed E-state index contributed by atoms with van der Waals surface area (Å²) in [5.74, 6) is -2.21. The van der Waals surface area contributed by atoms with Gasteiger partial charge in [-0.3, -0.25) is 4.79 Å². The van der Waals surface area contributed by atoms with Gasteiger partial charge in [0.2, 0.25) is 5.91 Å². The van der Waals surface area contributed by atoms with E-state index in [1.165, 1.54) is 19.1 Å². The van der Waals surface area contributed by atoms with E-state index in [4.69, 9.17) is 4.74 Å². The lowest BCUT2D eigenvalue weighted by Crippen LogP contribution is -2.56. The second kappa shape index (κ2) is 12.7. The molecule has 184 valence electrons. The summed E-state index contributed by atoms with van der Waals surface area (Å²) in [6, 6.07) is 13.7. The Hall–Kier alpha value is -3.44. The van der Waals surface area contributed by atoms with Crippen molar-refractivity contribution < 1.29 is 37.4 Å². The van der Waals surface area contributed by atoms with Gasteiger partial charge in [0.15, 0.2) is 9.84 Å². The van der Waals surface area contributed by atoms with E-state index < -0.39 is 51.7 Å². The zero-order chi connectivity index (χ0) is 25.1. The Morgan fingerprint density at radius 3 is 2.12 bits per heavy atom. The van der Waals surface area contributed by atoms with E-state index >= 15 is 0 Å².